The number of hydrogen-bond donors (Lipinski definition) is 2. The summed E-state index contributed by atoms with van der Waals surface area (Å²) in [6.07, 6.45) is -0.0257. The van der Waals surface area contributed by atoms with Gasteiger partial charge in [-0.1, -0.05) is 23.5 Å². The van der Waals surface area contributed by atoms with Gasteiger partial charge in [0.25, 0.3) is 0 Å². The minimum Gasteiger partial charge on any atom is -0.375 e. The molecule has 29 heavy (non-hydrogen) atoms. The molecule has 0 amide bonds. The molecule has 5 nitrogen and oxygen atoms in total. The van der Waals surface area contributed by atoms with E-state index >= 15 is 0 Å². The first-order valence-corrected chi connectivity index (χ1v) is 10.3. The molecule has 0 unspecified atom stereocenters. The second kappa shape index (κ2) is 7.69. The smallest absolute Gasteiger partial charge is 0.375 e. The highest BCUT2D eigenvalue weighted by Crippen LogP contribution is 2.37. The van der Waals surface area contributed by atoms with Crippen LogP contribution in [-0.4, -0.2) is 21.0 Å². The summed E-state index contributed by atoms with van der Waals surface area (Å²) in [5.74, 6) is 0. The molecule has 0 spiro atoms. The number of aromatic nitrogens is 3. The van der Waals surface area contributed by atoms with Crippen LogP contribution in [0, 0.1) is 0 Å². The van der Waals surface area contributed by atoms with Gasteiger partial charge in [0.1, 0.15) is 5.01 Å². The normalized spacial score (nSPS) is 13.1. The molecular formula is C19H16F3N5S2. The fourth-order valence-corrected chi connectivity index (χ4v) is 4.90. The minimum atomic E-state index is -4.35. The Hall–Kier alpha value is -2.56. The number of anilines is 1. The molecule has 0 radical (unpaired) electrons. The van der Waals surface area contributed by atoms with E-state index in [2.05, 4.69) is 15.0 Å². The zero-order valence-electron chi connectivity index (χ0n) is 15.0. The van der Waals surface area contributed by atoms with Crippen LogP contribution in [0.25, 0.3) is 20.1 Å². The molecule has 3 aromatic heterocycles. The molecule has 0 aliphatic carbocycles. The molecule has 1 aromatic carbocycles. The second-order valence-electron chi connectivity index (χ2n) is 6.55. The molecule has 1 atom stereocenters. The Morgan fingerprint density at radius 3 is 2.45 bits per heavy atom. The molecule has 0 saturated heterocycles. The zero-order valence-corrected chi connectivity index (χ0v) is 16.6. The van der Waals surface area contributed by atoms with Crippen LogP contribution in [-0.2, 0) is 19.0 Å². The predicted molar refractivity (Wildman–Crippen MR) is 110 cm³/mol. The topological polar surface area (TPSA) is 90.7 Å². The lowest BCUT2D eigenvalue weighted by molar-refractivity contribution is -0.137. The number of benzene rings is 1. The fraction of sp³-hybridized carbons (Fsp3) is 0.211. The molecule has 3 heterocycles. The number of nitrogen functional groups attached to an aromatic ring is 1. The van der Waals surface area contributed by atoms with Crippen molar-refractivity contribution in [2.45, 2.75) is 25.1 Å². The van der Waals surface area contributed by atoms with E-state index in [9.17, 15) is 13.2 Å². The summed E-state index contributed by atoms with van der Waals surface area (Å²) >= 11 is 2.86. The monoisotopic (exact) mass is 435 g/mol. The number of fused-ring (bicyclic) bond motifs is 1. The van der Waals surface area contributed by atoms with E-state index in [1.54, 1.807) is 12.4 Å². The molecule has 4 N–H and O–H groups in total. The van der Waals surface area contributed by atoms with Gasteiger partial charge in [-0.3, -0.25) is 4.98 Å². The van der Waals surface area contributed by atoms with E-state index < -0.39 is 11.7 Å². The van der Waals surface area contributed by atoms with Crippen molar-refractivity contribution in [2.75, 3.05) is 5.73 Å². The van der Waals surface area contributed by atoms with Crippen LogP contribution in [0.1, 0.15) is 16.8 Å². The number of nitrogens with two attached hydrogens (primary N) is 2. The number of nitrogens with zero attached hydrogens (tertiary/aromatic N) is 3. The number of hydrogen-bond acceptors (Lipinski definition) is 7. The molecule has 0 aliphatic heterocycles. The summed E-state index contributed by atoms with van der Waals surface area (Å²) in [5, 5.41) is 1.23. The quantitative estimate of drug-likeness (QED) is 0.481. The Morgan fingerprint density at radius 1 is 1.00 bits per heavy atom. The Labute approximate surface area is 172 Å². The van der Waals surface area contributed by atoms with E-state index in [1.807, 2.05) is 6.07 Å². The predicted octanol–water partition coefficient (Wildman–Crippen LogP) is 4.53. The number of rotatable bonds is 5. The van der Waals surface area contributed by atoms with E-state index in [4.69, 9.17) is 11.5 Å². The van der Waals surface area contributed by atoms with Gasteiger partial charge in [-0.15, -0.1) is 11.3 Å². The van der Waals surface area contributed by atoms with Gasteiger partial charge in [-0.2, -0.15) is 13.2 Å². The molecular weight excluding hydrogens is 419 g/mol. The van der Waals surface area contributed by atoms with E-state index in [1.165, 1.54) is 34.8 Å². The van der Waals surface area contributed by atoms with Crippen LogP contribution < -0.4 is 11.5 Å². The first-order valence-electron chi connectivity index (χ1n) is 8.67. The third-order valence-electron chi connectivity index (χ3n) is 4.33. The van der Waals surface area contributed by atoms with E-state index in [0.717, 1.165) is 43.5 Å². The van der Waals surface area contributed by atoms with Crippen molar-refractivity contribution in [1.82, 2.24) is 15.0 Å². The average Bonchev–Trinajstić information content (AvgIpc) is 3.24. The molecule has 0 bridgehead atoms. The van der Waals surface area contributed by atoms with Gasteiger partial charge in [0.15, 0.2) is 5.13 Å². The van der Waals surface area contributed by atoms with Gasteiger partial charge in [0.2, 0.25) is 0 Å². The third-order valence-corrected chi connectivity index (χ3v) is 6.42. The van der Waals surface area contributed by atoms with E-state index in [0.29, 0.717) is 18.0 Å². The van der Waals surface area contributed by atoms with Crippen molar-refractivity contribution < 1.29 is 13.2 Å². The molecule has 150 valence electrons. The Bertz CT molecular complexity index is 1100. The fourth-order valence-electron chi connectivity index (χ4n) is 3.01. The highest BCUT2D eigenvalue weighted by Gasteiger charge is 2.30. The van der Waals surface area contributed by atoms with Gasteiger partial charge in [0, 0.05) is 24.9 Å². The highest BCUT2D eigenvalue weighted by atomic mass is 32.1. The van der Waals surface area contributed by atoms with Crippen LogP contribution in [0.15, 0.2) is 42.7 Å². The van der Waals surface area contributed by atoms with Crippen LogP contribution in [0.5, 0.6) is 0 Å². The molecule has 10 heteroatoms. The van der Waals surface area contributed by atoms with Crippen LogP contribution in [0.4, 0.5) is 18.3 Å². The summed E-state index contributed by atoms with van der Waals surface area (Å²) in [4.78, 5) is 14.0. The van der Waals surface area contributed by atoms with Crippen molar-refractivity contribution in [3.05, 3.63) is 59.5 Å². The zero-order chi connectivity index (χ0) is 20.6. The van der Waals surface area contributed by atoms with Crippen LogP contribution in [0.3, 0.4) is 0 Å². The molecule has 0 fully saturated rings. The van der Waals surface area contributed by atoms with Gasteiger partial charge >= 0.3 is 6.18 Å². The van der Waals surface area contributed by atoms with Gasteiger partial charge in [-0.05, 0) is 30.2 Å². The number of thiazole rings is 2. The maximum atomic E-state index is 12.7. The third kappa shape index (κ3) is 4.39. The van der Waals surface area contributed by atoms with Crippen LogP contribution >= 0.6 is 22.7 Å². The average molecular weight is 436 g/mol. The highest BCUT2D eigenvalue weighted by molar-refractivity contribution is 7.26. The Morgan fingerprint density at radius 2 is 1.76 bits per heavy atom. The first kappa shape index (κ1) is 19.7. The summed E-state index contributed by atoms with van der Waals surface area (Å²) in [7, 11) is 0. The SMILES string of the molecule is Nc1nc(C[C@@H](N)Cc2ccc(C(F)(F)F)cc2)c(-c2nc3ccncc3s2)s1. The van der Waals surface area contributed by atoms with Crippen molar-refractivity contribution in [3.63, 3.8) is 0 Å². The largest absolute Gasteiger partial charge is 0.416 e. The van der Waals surface area contributed by atoms with Gasteiger partial charge in [-0.25, -0.2) is 9.97 Å². The van der Waals surface area contributed by atoms with Crippen molar-refractivity contribution in [3.8, 4) is 9.88 Å². The molecule has 0 aliphatic rings. The lowest BCUT2D eigenvalue weighted by Crippen LogP contribution is -2.26. The minimum absolute atomic E-state index is 0.317. The van der Waals surface area contributed by atoms with Crippen LogP contribution in [0.2, 0.25) is 0 Å². The Balaban J connectivity index is 1.52. The first-order chi connectivity index (χ1) is 13.8. The molecule has 0 saturated carbocycles. The maximum Gasteiger partial charge on any atom is 0.416 e. The Kier molecular flexibility index (Phi) is 5.24. The molecule has 4 rings (SSSR count). The standard InChI is InChI=1S/C19H16F3N5S2/c20-19(21,22)11-3-1-10(2-4-11)7-12(23)8-14-16(29-18(24)27-14)17-26-13-5-6-25-9-15(13)28-17/h1-6,9,12H,7-8,23H2,(H2,24,27)/t12-/m0/s1. The number of halogens is 3. The second-order valence-corrected chi connectivity index (χ2v) is 8.61. The van der Waals surface area contributed by atoms with Crippen molar-refractivity contribution in [2.24, 2.45) is 5.73 Å². The van der Waals surface area contributed by atoms with Crippen molar-refractivity contribution in [1.29, 1.82) is 0 Å². The van der Waals surface area contributed by atoms with E-state index in [-0.39, 0.29) is 6.04 Å². The summed E-state index contributed by atoms with van der Waals surface area (Å²) in [6.45, 7) is 0. The van der Waals surface area contributed by atoms with Crippen molar-refractivity contribution >= 4 is 38.0 Å². The van der Waals surface area contributed by atoms with Gasteiger partial charge < -0.3 is 11.5 Å². The molecule has 4 aromatic rings. The lowest BCUT2D eigenvalue weighted by atomic mass is 10.0. The van der Waals surface area contributed by atoms with Gasteiger partial charge in [0.05, 0.1) is 26.4 Å². The summed E-state index contributed by atoms with van der Waals surface area (Å²) in [6, 6.07) is 6.59. The summed E-state index contributed by atoms with van der Waals surface area (Å²) < 4.78 is 39.1. The summed E-state index contributed by atoms with van der Waals surface area (Å²) in [5.41, 5.74) is 13.9. The number of pyridine rings is 1. The lowest BCUT2D eigenvalue weighted by Gasteiger charge is -2.12. The number of alkyl halides is 3. The maximum absolute atomic E-state index is 12.7.